The number of amides is 1. The van der Waals surface area contributed by atoms with Crippen LogP contribution in [0.1, 0.15) is 20.8 Å². The Bertz CT molecular complexity index is 841. The Labute approximate surface area is 136 Å². The van der Waals surface area contributed by atoms with Gasteiger partial charge in [-0.1, -0.05) is 0 Å². The third kappa shape index (κ3) is 3.73. The Morgan fingerprint density at radius 2 is 1.83 bits per heavy atom. The second kappa shape index (κ2) is 6.44. The number of hydrogen-bond donors (Lipinski definition) is 2. The fourth-order valence-corrected chi connectivity index (χ4v) is 3.17. The molecular weight excluding hydrogens is 342 g/mol. The van der Waals surface area contributed by atoms with E-state index in [1.54, 1.807) is 0 Å². The number of hydrogen-bond acceptors (Lipinski definition) is 6. The highest BCUT2D eigenvalue weighted by molar-refractivity contribution is 7.89. The Hall–Kier alpha value is -2.30. The number of carbonyl (C=O) groups is 2. The normalized spacial score (nSPS) is 11.4. The first-order chi connectivity index (χ1) is 10.7. The monoisotopic (exact) mass is 355 g/mol. The summed E-state index contributed by atoms with van der Waals surface area (Å²) in [5.74, 6) is -1.69. The summed E-state index contributed by atoms with van der Waals surface area (Å²) in [5, 5.41) is 12.7. The molecule has 1 aromatic carbocycles. The first kappa shape index (κ1) is 17.1. The van der Waals surface area contributed by atoms with E-state index in [-0.39, 0.29) is 21.3 Å². The van der Waals surface area contributed by atoms with Crippen molar-refractivity contribution in [3.8, 4) is 0 Å². The summed E-state index contributed by atoms with van der Waals surface area (Å²) in [6, 6.07) is 5.40. The van der Waals surface area contributed by atoms with Gasteiger partial charge in [-0.3, -0.25) is 10.1 Å². The Morgan fingerprint density at radius 3 is 2.30 bits per heavy atom. The van der Waals surface area contributed by atoms with Crippen molar-refractivity contribution in [2.24, 2.45) is 0 Å². The molecule has 0 unspecified atom stereocenters. The van der Waals surface area contributed by atoms with Gasteiger partial charge >= 0.3 is 5.97 Å². The van der Waals surface area contributed by atoms with E-state index in [0.717, 1.165) is 15.6 Å². The van der Waals surface area contributed by atoms with Gasteiger partial charge in [-0.25, -0.2) is 22.5 Å². The van der Waals surface area contributed by atoms with E-state index in [9.17, 15) is 18.0 Å². The molecule has 1 heterocycles. The first-order valence-corrected chi connectivity index (χ1v) is 8.56. The van der Waals surface area contributed by atoms with E-state index >= 15 is 0 Å². The van der Waals surface area contributed by atoms with Crippen LogP contribution in [0.2, 0.25) is 0 Å². The molecule has 23 heavy (non-hydrogen) atoms. The summed E-state index contributed by atoms with van der Waals surface area (Å²) < 4.78 is 24.9. The van der Waals surface area contributed by atoms with Crippen LogP contribution in [-0.4, -0.2) is 48.8 Å². The zero-order valence-electron chi connectivity index (χ0n) is 12.2. The number of sulfonamides is 1. The van der Waals surface area contributed by atoms with Crippen molar-refractivity contribution >= 4 is 38.4 Å². The molecule has 0 radical (unpaired) electrons. The highest BCUT2D eigenvalue weighted by Gasteiger charge is 2.18. The predicted octanol–water partition coefficient (Wildman–Crippen LogP) is 1.34. The summed E-state index contributed by atoms with van der Waals surface area (Å²) in [5.41, 5.74) is 0.0764. The fourth-order valence-electron chi connectivity index (χ4n) is 1.59. The maximum atomic E-state index is 12.0. The van der Waals surface area contributed by atoms with Gasteiger partial charge in [0.15, 0.2) is 10.8 Å². The molecule has 8 nitrogen and oxygen atoms in total. The Balaban J connectivity index is 2.15. The molecule has 0 aliphatic heterocycles. The Kier molecular flexibility index (Phi) is 4.78. The molecule has 2 rings (SSSR count). The van der Waals surface area contributed by atoms with E-state index in [4.69, 9.17) is 5.11 Å². The number of carboxylic acids is 1. The van der Waals surface area contributed by atoms with Crippen LogP contribution in [0.15, 0.2) is 34.5 Å². The molecule has 0 atom stereocenters. The number of aromatic carboxylic acids is 1. The summed E-state index contributed by atoms with van der Waals surface area (Å²) in [4.78, 5) is 26.6. The molecule has 10 heteroatoms. The summed E-state index contributed by atoms with van der Waals surface area (Å²) >= 11 is 0.986. The zero-order chi connectivity index (χ0) is 17.2. The Morgan fingerprint density at radius 1 is 1.22 bits per heavy atom. The van der Waals surface area contributed by atoms with Gasteiger partial charge in [0.25, 0.3) is 5.91 Å². The lowest BCUT2D eigenvalue weighted by Crippen LogP contribution is -2.22. The quantitative estimate of drug-likeness (QED) is 0.836. The topological polar surface area (TPSA) is 117 Å². The van der Waals surface area contributed by atoms with Gasteiger partial charge in [-0.05, 0) is 24.3 Å². The number of carbonyl (C=O) groups excluding carboxylic acids is 1. The smallest absolute Gasteiger partial charge is 0.355 e. The molecule has 1 amide bonds. The molecule has 0 saturated heterocycles. The van der Waals surface area contributed by atoms with E-state index < -0.39 is 21.9 Å². The molecule has 1 aromatic heterocycles. The van der Waals surface area contributed by atoms with Gasteiger partial charge in [0.1, 0.15) is 0 Å². The van der Waals surface area contributed by atoms with Gasteiger partial charge in [-0.2, -0.15) is 0 Å². The minimum atomic E-state index is -3.56. The molecule has 2 N–H and O–H groups in total. The van der Waals surface area contributed by atoms with Crippen molar-refractivity contribution in [3.63, 3.8) is 0 Å². The number of anilines is 1. The van der Waals surface area contributed by atoms with Crippen LogP contribution in [0.5, 0.6) is 0 Å². The fraction of sp³-hybridized carbons (Fsp3) is 0.154. The second-order valence-corrected chi connectivity index (χ2v) is 7.62. The highest BCUT2D eigenvalue weighted by atomic mass is 32.2. The van der Waals surface area contributed by atoms with Crippen LogP contribution in [0, 0.1) is 0 Å². The number of aromatic nitrogens is 1. The number of carboxylic acid groups (broad SMARTS) is 1. The van der Waals surface area contributed by atoms with Crippen LogP contribution >= 0.6 is 11.3 Å². The summed E-state index contributed by atoms with van der Waals surface area (Å²) in [6.45, 7) is 0. The van der Waals surface area contributed by atoms with E-state index in [1.807, 2.05) is 0 Å². The average molecular weight is 355 g/mol. The molecule has 2 aromatic rings. The van der Waals surface area contributed by atoms with Crippen molar-refractivity contribution in [3.05, 3.63) is 40.9 Å². The number of nitrogens with zero attached hydrogens (tertiary/aromatic N) is 2. The van der Waals surface area contributed by atoms with E-state index in [1.165, 1.54) is 43.7 Å². The predicted molar refractivity (Wildman–Crippen MR) is 84.3 cm³/mol. The van der Waals surface area contributed by atoms with Gasteiger partial charge in [0.2, 0.25) is 10.0 Å². The third-order valence-corrected chi connectivity index (χ3v) is 5.43. The van der Waals surface area contributed by atoms with Crippen LogP contribution in [0.4, 0.5) is 5.13 Å². The molecule has 0 aliphatic rings. The third-order valence-electron chi connectivity index (χ3n) is 2.84. The van der Waals surface area contributed by atoms with Crippen molar-refractivity contribution in [1.29, 1.82) is 0 Å². The molecule has 0 saturated carbocycles. The number of thiazole rings is 1. The second-order valence-electron chi connectivity index (χ2n) is 4.61. The van der Waals surface area contributed by atoms with Crippen molar-refractivity contribution in [1.82, 2.24) is 9.29 Å². The largest absolute Gasteiger partial charge is 0.476 e. The summed E-state index contributed by atoms with van der Waals surface area (Å²) in [6.07, 6.45) is 0. The lowest BCUT2D eigenvalue weighted by Gasteiger charge is -2.11. The minimum absolute atomic E-state index is 0.0708. The van der Waals surface area contributed by atoms with Gasteiger partial charge in [0.05, 0.1) is 4.90 Å². The van der Waals surface area contributed by atoms with Crippen molar-refractivity contribution < 1.29 is 23.1 Å². The number of nitrogens with one attached hydrogen (secondary N) is 1. The molecule has 122 valence electrons. The zero-order valence-corrected chi connectivity index (χ0v) is 13.8. The van der Waals surface area contributed by atoms with E-state index in [2.05, 4.69) is 10.3 Å². The van der Waals surface area contributed by atoms with Crippen LogP contribution in [-0.2, 0) is 10.0 Å². The van der Waals surface area contributed by atoms with Gasteiger partial charge < -0.3 is 5.11 Å². The van der Waals surface area contributed by atoms with E-state index in [0.29, 0.717) is 0 Å². The maximum Gasteiger partial charge on any atom is 0.355 e. The standard InChI is InChI=1S/C13H13N3O5S2/c1-16(2)23(20,21)9-5-3-8(4-6-9)11(17)15-13-14-10(7-22-13)12(18)19/h3-7H,1-2H3,(H,18,19)(H,14,15,17). The lowest BCUT2D eigenvalue weighted by molar-refractivity contribution is 0.0691. The van der Waals surface area contributed by atoms with Crippen molar-refractivity contribution in [2.45, 2.75) is 4.90 Å². The first-order valence-electron chi connectivity index (χ1n) is 6.24. The molecular formula is C13H13N3O5S2. The van der Waals surface area contributed by atoms with Gasteiger partial charge in [-0.15, -0.1) is 11.3 Å². The lowest BCUT2D eigenvalue weighted by atomic mass is 10.2. The number of benzene rings is 1. The molecule has 0 spiro atoms. The summed E-state index contributed by atoms with van der Waals surface area (Å²) in [7, 11) is -0.728. The molecule has 0 aliphatic carbocycles. The van der Waals surface area contributed by atoms with Gasteiger partial charge in [0, 0.05) is 25.0 Å². The minimum Gasteiger partial charge on any atom is -0.476 e. The van der Waals surface area contributed by atoms with Crippen LogP contribution < -0.4 is 5.32 Å². The number of rotatable bonds is 5. The van der Waals surface area contributed by atoms with Crippen LogP contribution in [0.25, 0.3) is 0 Å². The molecule has 0 fully saturated rings. The maximum absolute atomic E-state index is 12.0. The highest BCUT2D eigenvalue weighted by Crippen LogP contribution is 2.18. The average Bonchev–Trinajstić information content (AvgIpc) is 2.96. The van der Waals surface area contributed by atoms with Crippen LogP contribution in [0.3, 0.4) is 0 Å². The van der Waals surface area contributed by atoms with Crippen molar-refractivity contribution in [2.75, 3.05) is 19.4 Å². The SMILES string of the molecule is CN(C)S(=O)(=O)c1ccc(C(=O)Nc2nc(C(=O)O)cs2)cc1. The molecule has 0 bridgehead atoms.